The molecule has 0 saturated carbocycles. The third-order valence-electron chi connectivity index (χ3n) is 4.19. The van der Waals surface area contributed by atoms with Gasteiger partial charge in [0.05, 0.1) is 11.5 Å². The molecule has 1 fully saturated rings. The van der Waals surface area contributed by atoms with Crippen molar-refractivity contribution in [3.63, 3.8) is 0 Å². The molecule has 1 heterocycles. The van der Waals surface area contributed by atoms with Gasteiger partial charge in [-0.3, -0.25) is 4.79 Å². The van der Waals surface area contributed by atoms with E-state index in [1.165, 1.54) is 0 Å². The molecule has 1 aromatic rings. The first-order chi connectivity index (χ1) is 10.2. The number of hydrogen-bond donors (Lipinski definition) is 1. The number of benzene rings is 1. The van der Waals surface area contributed by atoms with Gasteiger partial charge in [0.15, 0.2) is 0 Å². The summed E-state index contributed by atoms with van der Waals surface area (Å²) in [5.41, 5.74) is 0.749. The SMILES string of the molecule is CCCC1(C(=O)N(CC#N)Cc2ccccc2)CCNC1. The lowest BCUT2D eigenvalue weighted by atomic mass is 9.81. The van der Waals surface area contributed by atoms with Gasteiger partial charge in [-0.05, 0) is 24.9 Å². The van der Waals surface area contributed by atoms with Gasteiger partial charge in [-0.25, -0.2) is 0 Å². The molecule has 1 aromatic carbocycles. The molecule has 1 saturated heterocycles. The highest BCUT2D eigenvalue weighted by atomic mass is 16.2. The van der Waals surface area contributed by atoms with Gasteiger partial charge < -0.3 is 10.2 Å². The lowest BCUT2D eigenvalue weighted by Gasteiger charge is -2.32. The van der Waals surface area contributed by atoms with E-state index in [1.807, 2.05) is 30.3 Å². The second kappa shape index (κ2) is 7.24. The Labute approximate surface area is 126 Å². The van der Waals surface area contributed by atoms with Crippen molar-refractivity contribution in [3.8, 4) is 6.07 Å². The van der Waals surface area contributed by atoms with Crippen molar-refractivity contribution in [2.24, 2.45) is 5.41 Å². The van der Waals surface area contributed by atoms with Crippen LogP contribution in [0.2, 0.25) is 0 Å². The van der Waals surface area contributed by atoms with Crippen LogP contribution in [0.1, 0.15) is 31.7 Å². The summed E-state index contributed by atoms with van der Waals surface area (Å²) in [7, 11) is 0. The Hall–Kier alpha value is -1.86. The molecule has 4 nitrogen and oxygen atoms in total. The molecule has 0 bridgehead atoms. The molecular formula is C17H23N3O. The minimum atomic E-state index is -0.319. The third kappa shape index (κ3) is 3.62. The van der Waals surface area contributed by atoms with Crippen molar-refractivity contribution in [3.05, 3.63) is 35.9 Å². The molecular weight excluding hydrogens is 262 g/mol. The summed E-state index contributed by atoms with van der Waals surface area (Å²) in [4.78, 5) is 14.7. The zero-order chi connectivity index (χ0) is 15.1. The maximum Gasteiger partial charge on any atom is 0.231 e. The molecule has 4 heteroatoms. The van der Waals surface area contributed by atoms with E-state index < -0.39 is 0 Å². The van der Waals surface area contributed by atoms with Gasteiger partial charge in [0.1, 0.15) is 6.54 Å². The van der Waals surface area contributed by atoms with Crippen LogP contribution in [-0.4, -0.2) is 30.4 Å². The van der Waals surface area contributed by atoms with E-state index in [2.05, 4.69) is 18.3 Å². The highest BCUT2D eigenvalue weighted by Gasteiger charge is 2.42. The lowest BCUT2D eigenvalue weighted by molar-refractivity contribution is -0.141. The van der Waals surface area contributed by atoms with Crippen molar-refractivity contribution in [2.75, 3.05) is 19.6 Å². The standard InChI is InChI=1S/C17H23N3O/c1-2-8-17(9-11-19-14-17)16(21)20(12-10-18)13-15-6-4-3-5-7-15/h3-7,19H,2,8-9,11-14H2,1H3. The molecule has 0 radical (unpaired) electrons. The summed E-state index contributed by atoms with van der Waals surface area (Å²) in [6, 6.07) is 12.0. The first kappa shape index (κ1) is 15.5. The quantitative estimate of drug-likeness (QED) is 0.816. The summed E-state index contributed by atoms with van der Waals surface area (Å²) < 4.78 is 0. The largest absolute Gasteiger partial charge is 0.325 e. The number of amides is 1. The molecule has 1 aliphatic heterocycles. The first-order valence-electron chi connectivity index (χ1n) is 7.63. The molecule has 21 heavy (non-hydrogen) atoms. The number of carbonyl (C=O) groups is 1. The molecule has 1 amide bonds. The summed E-state index contributed by atoms with van der Waals surface area (Å²) >= 11 is 0. The summed E-state index contributed by atoms with van der Waals surface area (Å²) in [6.45, 7) is 4.39. The van der Waals surface area contributed by atoms with Crippen LogP contribution in [0, 0.1) is 16.7 Å². The van der Waals surface area contributed by atoms with Crippen LogP contribution in [0.4, 0.5) is 0 Å². The monoisotopic (exact) mass is 285 g/mol. The Morgan fingerprint density at radius 3 is 2.76 bits per heavy atom. The average molecular weight is 285 g/mol. The molecule has 1 N–H and O–H groups in total. The predicted octanol–water partition coefficient (Wildman–Crippen LogP) is 2.32. The fraction of sp³-hybridized carbons (Fsp3) is 0.529. The molecule has 0 aromatic heterocycles. The average Bonchev–Trinajstić information content (AvgIpc) is 2.97. The second-order valence-corrected chi connectivity index (χ2v) is 5.76. The predicted molar refractivity (Wildman–Crippen MR) is 82.3 cm³/mol. The highest BCUT2D eigenvalue weighted by Crippen LogP contribution is 2.33. The van der Waals surface area contributed by atoms with Crippen LogP contribution in [0.15, 0.2) is 30.3 Å². The maximum absolute atomic E-state index is 13.0. The van der Waals surface area contributed by atoms with Gasteiger partial charge in [0.25, 0.3) is 0 Å². The Morgan fingerprint density at radius 1 is 1.43 bits per heavy atom. The normalized spacial score (nSPS) is 21.0. The zero-order valence-corrected chi connectivity index (χ0v) is 12.6. The minimum Gasteiger partial charge on any atom is -0.325 e. The Bertz CT molecular complexity index is 501. The fourth-order valence-electron chi connectivity index (χ4n) is 3.15. The summed E-state index contributed by atoms with van der Waals surface area (Å²) in [5, 5.41) is 12.4. The van der Waals surface area contributed by atoms with Crippen LogP contribution < -0.4 is 5.32 Å². The van der Waals surface area contributed by atoms with E-state index in [4.69, 9.17) is 5.26 Å². The van der Waals surface area contributed by atoms with Gasteiger partial charge in [-0.2, -0.15) is 5.26 Å². The van der Waals surface area contributed by atoms with Gasteiger partial charge in [-0.1, -0.05) is 43.7 Å². The van der Waals surface area contributed by atoms with E-state index in [1.54, 1.807) is 4.90 Å². The molecule has 112 valence electrons. The minimum absolute atomic E-state index is 0.125. The smallest absolute Gasteiger partial charge is 0.231 e. The number of nitrogens with one attached hydrogen (secondary N) is 1. The van der Waals surface area contributed by atoms with E-state index in [9.17, 15) is 4.79 Å². The fourth-order valence-corrected chi connectivity index (χ4v) is 3.15. The van der Waals surface area contributed by atoms with Crippen LogP contribution >= 0.6 is 0 Å². The van der Waals surface area contributed by atoms with Crippen LogP contribution in [0.25, 0.3) is 0 Å². The number of rotatable bonds is 6. The van der Waals surface area contributed by atoms with E-state index >= 15 is 0 Å². The maximum atomic E-state index is 13.0. The Balaban J connectivity index is 2.16. The Kier molecular flexibility index (Phi) is 5.35. The second-order valence-electron chi connectivity index (χ2n) is 5.76. The molecule has 2 rings (SSSR count). The first-order valence-corrected chi connectivity index (χ1v) is 7.63. The molecule has 0 spiro atoms. The van der Waals surface area contributed by atoms with Crippen molar-refractivity contribution < 1.29 is 4.79 Å². The molecule has 1 unspecified atom stereocenters. The van der Waals surface area contributed by atoms with Crippen molar-refractivity contribution >= 4 is 5.91 Å². The van der Waals surface area contributed by atoms with Crippen molar-refractivity contribution in [1.82, 2.24) is 10.2 Å². The third-order valence-corrected chi connectivity index (χ3v) is 4.19. The van der Waals surface area contributed by atoms with E-state index in [0.717, 1.165) is 37.9 Å². The van der Waals surface area contributed by atoms with Crippen LogP contribution in [0.5, 0.6) is 0 Å². The van der Waals surface area contributed by atoms with Gasteiger partial charge in [0, 0.05) is 13.1 Å². The van der Waals surface area contributed by atoms with Crippen LogP contribution in [0.3, 0.4) is 0 Å². The number of nitrogens with zero attached hydrogens (tertiary/aromatic N) is 2. The van der Waals surface area contributed by atoms with Crippen molar-refractivity contribution in [1.29, 1.82) is 5.26 Å². The van der Waals surface area contributed by atoms with Gasteiger partial charge >= 0.3 is 0 Å². The van der Waals surface area contributed by atoms with Gasteiger partial charge in [-0.15, -0.1) is 0 Å². The summed E-state index contributed by atoms with van der Waals surface area (Å²) in [5.74, 6) is 0.125. The topological polar surface area (TPSA) is 56.1 Å². The van der Waals surface area contributed by atoms with Crippen molar-refractivity contribution in [2.45, 2.75) is 32.7 Å². The number of nitriles is 1. The highest BCUT2D eigenvalue weighted by molar-refractivity contribution is 5.83. The van der Waals surface area contributed by atoms with E-state index in [0.29, 0.717) is 6.54 Å². The van der Waals surface area contributed by atoms with Crippen LogP contribution in [-0.2, 0) is 11.3 Å². The zero-order valence-electron chi connectivity index (χ0n) is 12.6. The molecule has 0 aliphatic carbocycles. The Morgan fingerprint density at radius 2 is 2.19 bits per heavy atom. The van der Waals surface area contributed by atoms with E-state index in [-0.39, 0.29) is 17.9 Å². The number of carbonyl (C=O) groups excluding carboxylic acids is 1. The summed E-state index contributed by atoms with van der Waals surface area (Å²) in [6.07, 6.45) is 2.74. The van der Waals surface area contributed by atoms with Gasteiger partial charge in [0.2, 0.25) is 5.91 Å². The number of hydrogen-bond acceptors (Lipinski definition) is 3. The lowest BCUT2D eigenvalue weighted by Crippen LogP contribution is -2.45. The molecule has 1 aliphatic rings. The molecule has 1 atom stereocenters.